The number of rotatable bonds is 6. The summed E-state index contributed by atoms with van der Waals surface area (Å²) in [6.45, 7) is 7.31. The Balaban J connectivity index is 0.00000200. The number of carbonyl (C=O) groups is 1. The van der Waals surface area contributed by atoms with Crippen LogP contribution in [0.5, 0.6) is 5.75 Å². The lowest BCUT2D eigenvalue weighted by atomic mass is 10.0. The highest BCUT2D eigenvalue weighted by atomic mass is 35.5. The lowest BCUT2D eigenvalue weighted by Crippen LogP contribution is -2.48. The average Bonchev–Trinajstić information content (AvgIpc) is 2.25. The fraction of sp³-hybridized carbons (Fsp3) is 0.533. The Morgan fingerprint density at radius 2 is 1.95 bits per heavy atom. The Morgan fingerprint density at radius 3 is 2.50 bits per heavy atom. The molecule has 1 aliphatic rings. The number of amides is 1. The molecular weight excluding hydrogens is 276 g/mol. The van der Waals surface area contributed by atoms with Gasteiger partial charge in [-0.25, -0.2) is 0 Å². The number of benzene rings is 1. The molecule has 1 saturated heterocycles. The quantitative estimate of drug-likeness (QED) is 0.842. The van der Waals surface area contributed by atoms with Gasteiger partial charge < -0.3 is 15.4 Å². The number of aryl methyl sites for hydroxylation is 2. The van der Waals surface area contributed by atoms with Crippen LogP contribution in [0.25, 0.3) is 0 Å². The zero-order chi connectivity index (χ0) is 13.7. The fourth-order valence-corrected chi connectivity index (χ4v) is 2.12. The van der Waals surface area contributed by atoms with Crippen LogP contribution in [0.1, 0.15) is 17.5 Å². The molecule has 1 aromatic carbocycles. The van der Waals surface area contributed by atoms with Gasteiger partial charge in [-0.3, -0.25) is 4.79 Å². The van der Waals surface area contributed by atoms with E-state index in [1.807, 2.05) is 26.0 Å². The first-order valence-electron chi connectivity index (χ1n) is 6.82. The first-order chi connectivity index (χ1) is 9.13. The van der Waals surface area contributed by atoms with E-state index in [1.165, 1.54) is 11.1 Å². The standard InChI is InChI=1S/C15H22N2O2.ClH/c1-11-5-12(2)7-14(6-11)19-4-3-15(18)17-10-13-8-16-9-13;/h5-7,13,16H,3-4,8-10H2,1-2H3,(H,17,18);1H. The third-order valence-corrected chi connectivity index (χ3v) is 3.25. The van der Waals surface area contributed by atoms with Crippen molar-refractivity contribution >= 4 is 18.3 Å². The minimum absolute atomic E-state index is 0. The lowest BCUT2D eigenvalue weighted by molar-refractivity contribution is -0.121. The third-order valence-electron chi connectivity index (χ3n) is 3.25. The molecule has 20 heavy (non-hydrogen) atoms. The Kier molecular flexibility index (Phi) is 6.82. The third kappa shape index (κ3) is 5.39. The van der Waals surface area contributed by atoms with E-state index in [2.05, 4.69) is 16.7 Å². The summed E-state index contributed by atoms with van der Waals surface area (Å²) in [5.41, 5.74) is 2.36. The van der Waals surface area contributed by atoms with Crippen LogP contribution in [-0.2, 0) is 4.79 Å². The molecule has 1 fully saturated rings. The molecule has 2 rings (SSSR count). The molecule has 2 N–H and O–H groups in total. The minimum Gasteiger partial charge on any atom is -0.493 e. The highest BCUT2D eigenvalue weighted by molar-refractivity contribution is 5.85. The number of halogens is 1. The highest BCUT2D eigenvalue weighted by Gasteiger charge is 2.16. The summed E-state index contributed by atoms with van der Waals surface area (Å²) >= 11 is 0. The van der Waals surface area contributed by atoms with Crippen LogP contribution in [0.2, 0.25) is 0 Å². The van der Waals surface area contributed by atoms with Crippen molar-refractivity contribution in [3.05, 3.63) is 29.3 Å². The second kappa shape index (κ2) is 8.12. The van der Waals surface area contributed by atoms with E-state index >= 15 is 0 Å². The maximum absolute atomic E-state index is 11.6. The van der Waals surface area contributed by atoms with Gasteiger partial charge in [0, 0.05) is 25.6 Å². The van der Waals surface area contributed by atoms with Crippen LogP contribution in [-0.4, -0.2) is 32.1 Å². The van der Waals surface area contributed by atoms with E-state index in [9.17, 15) is 4.79 Å². The van der Waals surface area contributed by atoms with Gasteiger partial charge in [0.2, 0.25) is 5.91 Å². The minimum atomic E-state index is 0. The molecule has 5 heteroatoms. The lowest BCUT2D eigenvalue weighted by Gasteiger charge is -2.27. The molecule has 0 radical (unpaired) electrons. The topological polar surface area (TPSA) is 50.4 Å². The molecule has 0 atom stereocenters. The van der Waals surface area contributed by atoms with Crippen molar-refractivity contribution in [2.75, 3.05) is 26.2 Å². The summed E-state index contributed by atoms with van der Waals surface area (Å²) < 4.78 is 5.61. The summed E-state index contributed by atoms with van der Waals surface area (Å²) in [7, 11) is 0. The van der Waals surface area contributed by atoms with Crippen LogP contribution in [0.3, 0.4) is 0 Å². The van der Waals surface area contributed by atoms with E-state index in [0.717, 1.165) is 25.4 Å². The predicted octanol–water partition coefficient (Wildman–Crippen LogP) is 1.83. The molecule has 1 heterocycles. The van der Waals surface area contributed by atoms with Crippen LogP contribution in [0.15, 0.2) is 18.2 Å². The van der Waals surface area contributed by atoms with Crippen molar-refractivity contribution in [1.29, 1.82) is 0 Å². The molecule has 0 spiro atoms. The van der Waals surface area contributed by atoms with Crippen LogP contribution in [0.4, 0.5) is 0 Å². The van der Waals surface area contributed by atoms with E-state index < -0.39 is 0 Å². The van der Waals surface area contributed by atoms with Gasteiger partial charge in [-0.1, -0.05) is 6.07 Å². The molecular formula is C15H23ClN2O2. The molecule has 0 saturated carbocycles. The monoisotopic (exact) mass is 298 g/mol. The second-order valence-corrected chi connectivity index (χ2v) is 5.25. The van der Waals surface area contributed by atoms with Gasteiger partial charge >= 0.3 is 0 Å². The Morgan fingerprint density at radius 1 is 1.30 bits per heavy atom. The van der Waals surface area contributed by atoms with Gasteiger partial charge in [0.25, 0.3) is 0 Å². The summed E-state index contributed by atoms with van der Waals surface area (Å²) in [5, 5.41) is 6.12. The molecule has 112 valence electrons. The smallest absolute Gasteiger partial charge is 0.223 e. The molecule has 0 aromatic heterocycles. The summed E-state index contributed by atoms with van der Waals surface area (Å²) in [4.78, 5) is 11.6. The van der Waals surface area contributed by atoms with Gasteiger partial charge in [-0.05, 0) is 37.1 Å². The van der Waals surface area contributed by atoms with E-state index in [4.69, 9.17) is 4.74 Å². The van der Waals surface area contributed by atoms with Crippen LogP contribution < -0.4 is 15.4 Å². The maximum atomic E-state index is 11.6. The first kappa shape index (κ1) is 16.8. The highest BCUT2D eigenvalue weighted by Crippen LogP contribution is 2.16. The Hall–Kier alpha value is -1.26. The van der Waals surface area contributed by atoms with Crippen molar-refractivity contribution in [1.82, 2.24) is 10.6 Å². The second-order valence-electron chi connectivity index (χ2n) is 5.25. The Labute approximate surface area is 126 Å². The van der Waals surface area contributed by atoms with Gasteiger partial charge in [-0.15, -0.1) is 12.4 Å². The average molecular weight is 299 g/mol. The van der Waals surface area contributed by atoms with Crippen molar-refractivity contribution in [3.63, 3.8) is 0 Å². The zero-order valence-electron chi connectivity index (χ0n) is 12.1. The SMILES string of the molecule is Cc1cc(C)cc(OCCC(=O)NCC2CNC2)c1.Cl. The molecule has 1 aromatic rings. The molecule has 4 nitrogen and oxygen atoms in total. The summed E-state index contributed by atoms with van der Waals surface area (Å²) in [6.07, 6.45) is 0.410. The van der Waals surface area contributed by atoms with E-state index in [0.29, 0.717) is 18.9 Å². The number of hydrogen-bond acceptors (Lipinski definition) is 3. The van der Waals surface area contributed by atoms with Gasteiger partial charge in [0.15, 0.2) is 0 Å². The largest absolute Gasteiger partial charge is 0.493 e. The van der Waals surface area contributed by atoms with Crippen molar-refractivity contribution in [2.45, 2.75) is 20.3 Å². The number of carbonyl (C=O) groups excluding carboxylic acids is 1. The fourth-order valence-electron chi connectivity index (χ4n) is 2.12. The van der Waals surface area contributed by atoms with Gasteiger partial charge in [0.1, 0.15) is 5.75 Å². The van der Waals surface area contributed by atoms with Crippen LogP contribution in [0, 0.1) is 19.8 Å². The van der Waals surface area contributed by atoms with Crippen LogP contribution >= 0.6 is 12.4 Å². The molecule has 0 bridgehead atoms. The Bertz CT molecular complexity index is 427. The summed E-state index contributed by atoms with van der Waals surface area (Å²) in [5.74, 6) is 1.51. The number of hydrogen-bond donors (Lipinski definition) is 2. The van der Waals surface area contributed by atoms with Crippen molar-refractivity contribution < 1.29 is 9.53 Å². The maximum Gasteiger partial charge on any atom is 0.223 e. The summed E-state index contributed by atoms with van der Waals surface area (Å²) in [6, 6.07) is 6.09. The van der Waals surface area contributed by atoms with Crippen molar-refractivity contribution in [3.8, 4) is 5.75 Å². The van der Waals surface area contributed by atoms with E-state index in [-0.39, 0.29) is 18.3 Å². The first-order valence-corrected chi connectivity index (χ1v) is 6.82. The number of ether oxygens (including phenoxy) is 1. The molecule has 0 aliphatic carbocycles. The molecule has 0 unspecified atom stereocenters. The van der Waals surface area contributed by atoms with E-state index in [1.54, 1.807) is 0 Å². The molecule has 1 aliphatic heterocycles. The van der Waals surface area contributed by atoms with Gasteiger partial charge in [0.05, 0.1) is 13.0 Å². The molecule has 1 amide bonds. The normalized spacial score (nSPS) is 14.1. The zero-order valence-corrected chi connectivity index (χ0v) is 12.9. The van der Waals surface area contributed by atoms with Gasteiger partial charge in [-0.2, -0.15) is 0 Å². The predicted molar refractivity (Wildman–Crippen MR) is 82.6 cm³/mol. The number of nitrogens with one attached hydrogen (secondary N) is 2. The van der Waals surface area contributed by atoms with Crippen molar-refractivity contribution in [2.24, 2.45) is 5.92 Å².